The standard InChI is InChI=1S/C20H27BrO2SSi/c1-20(2,15-14-17-10-6-5-7-11-17)24(22,23)18-12-8-9-13-19(18)25(3,4)16-21/h5-13H,14-16H2,1-4H3. The van der Waals surface area contributed by atoms with Gasteiger partial charge >= 0.3 is 0 Å². The summed E-state index contributed by atoms with van der Waals surface area (Å²) in [5.41, 5.74) is 1.18. The Labute approximate surface area is 161 Å². The Kier molecular flexibility index (Phi) is 6.34. The lowest BCUT2D eigenvalue weighted by Gasteiger charge is -2.29. The van der Waals surface area contributed by atoms with Gasteiger partial charge in [-0.2, -0.15) is 0 Å². The highest BCUT2D eigenvalue weighted by Crippen LogP contribution is 2.30. The number of aryl methyl sites for hydroxylation is 1. The number of rotatable bonds is 7. The average Bonchev–Trinajstić information content (AvgIpc) is 2.61. The second-order valence-electron chi connectivity index (χ2n) is 7.76. The molecule has 0 bridgehead atoms. The summed E-state index contributed by atoms with van der Waals surface area (Å²) in [6, 6.07) is 17.6. The van der Waals surface area contributed by atoms with Crippen LogP contribution in [0.3, 0.4) is 0 Å². The molecule has 0 saturated heterocycles. The van der Waals surface area contributed by atoms with Crippen LogP contribution in [0.1, 0.15) is 25.8 Å². The van der Waals surface area contributed by atoms with Crippen molar-refractivity contribution >= 4 is 39.0 Å². The first kappa shape index (κ1) is 20.4. The summed E-state index contributed by atoms with van der Waals surface area (Å²) in [5.74, 6) is 0. The molecule has 2 aromatic carbocycles. The van der Waals surface area contributed by atoms with Gasteiger partial charge in [-0.25, -0.2) is 8.42 Å². The summed E-state index contributed by atoms with van der Waals surface area (Å²) in [7, 11) is -5.25. The fraction of sp³-hybridized carbons (Fsp3) is 0.400. The molecule has 0 fully saturated rings. The van der Waals surface area contributed by atoms with Crippen molar-refractivity contribution in [2.24, 2.45) is 0 Å². The summed E-state index contributed by atoms with van der Waals surface area (Å²) in [6.07, 6.45) is 1.36. The molecule has 136 valence electrons. The van der Waals surface area contributed by atoms with Gasteiger partial charge in [0.2, 0.25) is 0 Å². The molecule has 25 heavy (non-hydrogen) atoms. The molecule has 5 heteroatoms. The van der Waals surface area contributed by atoms with Gasteiger partial charge in [0.1, 0.15) is 0 Å². The van der Waals surface area contributed by atoms with Crippen LogP contribution in [0.4, 0.5) is 0 Å². The Morgan fingerprint density at radius 3 is 2.12 bits per heavy atom. The van der Waals surface area contributed by atoms with Gasteiger partial charge in [0.05, 0.1) is 17.7 Å². The first-order chi connectivity index (χ1) is 11.6. The molecule has 0 N–H and O–H groups in total. The summed E-state index contributed by atoms with van der Waals surface area (Å²) < 4.78 is 26.1. The zero-order valence-electron chi connectivity index (χ0n) is 15.4. The van der Waals surface area contributed by atoms with E-state index < -0.39 is 22.7 Å². The van der Waals surface area contributed by atoms with E-state index in [2.05, 4.69) is 41.2 Å². The molecule has 0 aliphatic heterocycles. The highest BCUT2D eigenvalue weighted by atomic mass is 79.9. The molecular weight excluding hydrogens is 412 g/mol. The molecule has 0 aliphatic carbocycles. The Hall–Kier alpha value is -0.913. The van der Waals surface area contributed by atoms with E-state index in [0.717, 1.165) is 16.6 Å². The van der Waals surface area contributed by atoms with Crippen LogP contribution in [-0.4, -0.2) is 26.2 Å². The van der Waals surface area contributed by atoms with Gasteiger partial charge in [0, 0.05) is 4.95 Å². The van der Waals surface area contributed by atoms with Crippen LogP contribution in [0, 0.1) is 0 Å². The van der Waals surface area contributed by atoms with Crippen molar-refractivity contribution in [1.82, 2.24) is 0 Å². The maximum absolute atomic E-state index is 13.5. The molecule has 0 spiro atoms. The lowest BCUT2D eigenvalue weighted by molar-refractivity contribution is 0.527. The number of halogens is 1. The van der Waals surface area contributed by atoms with Gasteiger partial charge in [-0.1, -0.05) is 77.6 Å². The maximum atomic E-state index is 13.5. The van der Waals surface area contributed by atoms with Crippen molar-refractivity contribution in [2.75, 3.05) is 4.95 Å². The molecule has 0 unspecified atom stereocenters. The van der Waals surface area contributed by atoms with Crippen molar-refractivity contribution < 1.29 is 8.42 Å². The van der Waals surface area contributed by atoms with Crippen LogP contribution in [0.2, 0.25) is 13.1 Å². The normalized spacial score (nSPS) is 13.0. The lowest BCUT2D eigenvalue weighted by Crippen LogP contribution is -2.48. The van der Waals surface area contributed by atoms with Crippen LogP contribution in [0.25, 0.3) is 0 Å². The highest BCUT2D eigenvalue weighted by Gasteiger charge is 2.39. The van der Waals surface area contributed by atoms with Gasteiger partial charge in [-0.15, -0.1) is 0 Å². The van der Waals surface area contributed by atoms with Crippen molar-refractivity contribution in [2.45, 2.75) is 49.4 Å². The number of sulfone groups is 1. The number of hydrogen-bond donors (Lipinski definition) is 0. The Bertz CT molecular complexity index is 815. The topological polar surface area (TPSA) is 34.1 Å². The molecule has 2 nitrogen and oxygen atoms in total. The van der Waals surface area contributed by atoms with E-state index >= 15 is 0 Å². The third kappa shape index (κ3) is 4.44. The maximum Gasteiger partial charge on any atom is 0.183 e. The fourth-order valence-electron chi connectivity index (χ4n) is 2.85. The van der Waals surface area contributed by atoms with Gasteiger partial charge in [-0.3, -0.25) is 0 Å². The van der Waals surface area contributed by atoms with Crippen LogP contribution >= 0.6 is 15.9 Å². The van der Waals surface area contributed by atoms with Crippen LogP contribution in [-0.2, 0) is 16.3 Å². The summed E-state index contributed by atoms with van der Waals surface area (Å²) in [5, 5.41) is 1.01. The van der Waals surface area contributed by atoms with Crippen molar-refractivity contribution in [3.63, 3.8) is 0 Å². The Morgan fingerprint density at radius 1 is 0.960 bits per heavy atom. The molecule has 0 saturated carbocycles. The first-order valence-electron chi connectivity index (χ1n) is 8.56. The minimum Gasteiger partial charge on any atom is -0.223 e. The molecule has 0 radical (unpaired) electrons. The van der Waals surface area contributed by atoms with Crippen molar-refractivity contribution in [3.8, 4) is 0 Å². The number of hydrogen-bond acceptors (Lipinski definition) is 2. The van der Waals surface area contributed by atoms with Crippen molar-refractivity contribution in [1.29, 1.82) is 0 Å². The zero-order valence-corrected chi connectivity index (χ0v) is 18.8. The molecule has 2 aromatic rings. The molecule has 0 aromatic heterocycles. The SMILES string of the molecule is CC(C)(CCc1ccccc1)S(=O)(=O)c1ccccc1[Si](C)(C)CBr. The van der Waals surface area contributed by atoms with Crippen LogP contribution in [0.15, 0.2) is 59.5 Å². The molecular formula is C20H27BrO2SSi. The van der Waals surface area contributed by atoms with Crippen LogP contribution < -0.4 is 5.19 Å². The molecule has 0 aliphatic rings. The Balaban J connectivity index is 2.37. The second-order valence-corrected chi connectivity index (χ2v) is 16.6. The monoisotopic (exact) mass is 438 g/mol. The van der Waals surface area contributed by atoms with Crippen molar-refractivity contribution in [3.05, 3.63) is 60.2 Å². The third-order valence-corrected chi connectivity index (χ3v) is 14.4. The second kappa shape index (κ2) is 7.76. The summed E-state index contributed by atoms with van der Waals surface area (Å²) in [6.45, 7) is 8.11. The van der Waals surface area contributed by atoms with E-state index in [0.29, 0.717) is 11.3 Å². The van der Waals surface area contributed by atoms with Gasteiger partial charge in [0.15, 0.2) is 9.84 Å². The quantitative estimate of drug-likeness (QED) is 0.462. The summed E-state index contributed by atoms with van der Waals surface area (Å²) in [4.78, 5) is 1.36. The van der Waals surface area contributed by atoms with Gasteiger partial charge in [-0.05, 0) is 43.5 Å². The van der Waals surface area contributed by atoms with Crippen LogP contribution in [0.5, 0.6) is 0 Å². The van der Waals surface area contributed by atoms with E-state index in [1.165, 1.54) is 5.56 Å². The first-order valence-corrected chi connectivity index (χ1v) is 14.4. The summed E-state index contributed by atoms with van der Waals surface area (Å²) >= 11 is 3.59. The predicted octanol–water partition coefficient (Wildman–Crippen LogP) is 4.72. The van der Waals surface area contributed by atoms with E-state index in [9.17, 15) is 8.42 Å². The lowest BCUT2D eigenvalue weighted by atomic mass is 10.0. The fourth-order valence-corrected chi connectivity index (χ4v) is 8.02. The van der Waals surface area contributed by atoms with E-state index in [1.54, 1.807) is 6.07 Å². The number of alkyl halides is 1. The van der Waals surface area contributed by atoms with E-state index in [1.807, 2.05) is 50.2 Å². The van der Waals surface area contributed by atoms with E-state index in [4.69, 9.17) is 0 Å². The minimum atomic E-state index is -3.42. The van der Waals surface area contributed by atoms with Gasteiger partial charge < -0.3 is 0 Å². The third-order valence-electron chi connectivity index (χ3n) is 4.83. The largest absolute Gasteiger partial charge is 0.223 e. The average molecular weight is 439 g/mol. The molecule has 0 heterocycles. The highest BCUT2D eigenvalue weighted by molar-refractivity contribution is 9.09. The Morgan fingerprint density at radius 2 is 1.52 bits per heavy atom. The predicted molar refractivity (Wildman–Crippen MR) is 113 cm³/mol. The molecule has 0 atom stereocenters. The zero-order chi connectivity index (χ0) is 18.7. The smallest absolute Gasteiger partial charge is 0.183 e. The molecule has 2 rings (SSSR count). The van der Waals surface area contributed by atoms with E-state index in [-0.39, 0.29) is 0 Å². The van der Waals surface area contributed by atoms with Gasteiger partial charge in [0.25, 0.3) is 0 Å². The minimum absolute atomic E-state index is 0.518. The number of benzene rings is 2. The molecule has 0 amide bonds.